The van der Waals surface area contributed by atoms with Crippen LogP contribution in [-0.4, -0.2) is 18.1 Å². The number of hydrogen-bond donors (Lipinski definition) is 1. The van der Waals surface area contributed by atoms with E-state index in [0.29, 0.717) is 15.7 Å². The number of esters is 1. The molecule has 0 aliphatic rings. The summed E-state index contributed by atoms with van der Waals surface area (Å²) >= 11 is 6.92. The lowest BCUT2D eigenvalue weighted by atomic mass is 10.3. The molecule has 0 saturated heterocycles. The Morgan fingerprint density at radius 1 is 1.08 bits per heavy atom. The Kier molecular flexibility index (Phi) is 7.59. The highest BCUT2D eigenvalue weighted by atomic mass is 35.5. The third kappa shape index (κ3) is 6.69. The van der Waals surface area contributed by atoms with Crippen LogP contribution < -0.4 is 9.61 Å². The molecule has 0 aliphatic carbocycles. The van der Waals surface area contributed by atoms with Crippen molar-refractivity contribution in [3.05, 3.63) is 59.6 Å². The van der Waals surface area contributed by atoms with Gasteiger partial charge in [0, 0.05) is 9.92 Å². The van der Waals surface area contributed by atoms with Gasteiger partial charge in [-0.05, 0) is 68.6 Å². The van der Waals surface area contributed by atoms with E-state index in [0.717, 1.165) is 11.4 Å². The average Bonchev–Trinajstić information content (AvgIpc) is 2.57. The van der Waals surface area contributed by atoms with Gasteiger partial charge < -0.3 is 9.26 Å². The molecular weight excluding hydrogens is 393 g/mol. The van der Waals surface area contributed by atoms with Crippen molar-refractivity contribution in [1.82, 2.24) is 5.09 Å². The largest absolute Gasteiger partial charge is 0.462 e. The zero-order valence-corrected chi connectivity index (χ0v) is 17.2. The summed E-state index contributed by atoms with van der Waals surface area (Å²) in [5, 5.41) is 3.38. The molecule has 26 heavy (non-hydrogen) atoms. The highest BCUT2D eigenvalue weighted by molar-refractivity contribution is 8.56. The van der Waals surface area contributed by atoms with Crippen LogP contribution in [0.4, 0.5) is 0 Å². The van der Waals surface area contributed by atoms with Crippen molar-refractivity contribution in [2.75, 3.05) is 0 Å². The Bertz CT molecular complexity index is 771. The summed E-state index contributed by atoms with van der Waals surface area (Å²) in [6.45, 7) is 1.60. The van der Waals surface area contributed by atoms with Gasteiger partial charge >= 0.3 is 12.7 Å². The maximum absolute atomic E-state index is 13.4. The second kappa shape index (κ2) is 9.47. The predicted molar refractivity (Wildman–Crippen MR) is 106 cm³/mol. The van der Waals surface area contributed by atoms with Gasteiger partial charge in [0.25, 0.3) is 0 Å². The van der Waals surface area contributed by atoms with Gasteiger partial charge in [0.15, 0.2) is 0 Å². The molecule has 0 aliphatic heterocycles. The number of para-hydroxylation sites is 1. The van der Waals surface area contributed by atoms with Crippen molar-refractivity contribution in [2.45, 2.75) is 37.8 Å². The third-order valence-corrected chi connectivity index (χ3v) is 7.09. The van der Waals surface area contributed by atoms with E-state index in [1.54, 1.807) is 69.3 Å². The number of rotatable bonds is 8. The molecule has 0 fully saturated rings. The summed E-state index contributed by atoms with van der Waals surface area (Å²) in [6, 6.07) is 14.9. The van der Waals surface area contributed by atoms with Crippen LogP contribution in [0.3, 0.4) is 0 Å². The first-order chi connectivity index (χ1) is 12.3. The number of carbonyl (C=O) groups excluding carboxylic acids is 1. The zero-order chi connectivity index (χ0) is 19.2. The van der Waals surface area contributed by atoms with E-state index < -0.39 is 18.7 Å². The summed E-state index contributed by atoms with van der Waals surface area (Å²) in [5.74, 6) is -0.0529. The van der Waals surface area contributed by atoms with Crippen molar-refractivity contribution in [2.24, 2.45) is 0 Å². The second-order valence-electron chi connectivity index (χ2n) is 5.78. The monoisotopic (exact) mass is 413 g/mol. The molecule has 140 valence electrons. The molecule has 2 aromatic rings. The molecule has 0 bridgehead atoms. The molecule has 0 spiro atoms. The van der Waals surface area contributed by atoms with Gasteiger partial charge in [-0.15, -0.1) is 0 Å². The first kappa shape index (κ1) is 20.8. The molecule has 0 radical (unpaired) electrons. The number of nitrogens with one attached hydrogen (secondary N) is 1. The van der Waals surface area contributed by atoms with Gasteiger partial charge in [-0.1, -0.05) is 29.8 Å². The maximum atomic E-state index is 13.4. The zero-order valence-electron chi connectivity index (χ0n) is 14.7. The van der Waals surface area contributed by atoms with Crippen LogP contribution in [0.1, 0.15) is 20.8 Å². The van der Waals surface area contributed by atoms with E-state index in [-0.39, 0.29) is 6.10 Å². The lowest BCUT2D eigenvalue weighted by Gasteiger charge is -2.23. The molecule has 0 amide bonds. The number of carbonyl (C=O) groups is 1. The van der Waals surface area contributed by atoms with Gasteiger partial charge in [0.1, 0.15) is 11.8 Å². The van der Waals surface area contributed by atoms with E-state index in [2.05, 4.69) is 5.09 Å². The topological polar surface area (TPSA) is 64.6 Å². The quantitative estimate of drug-likeness (QED) is 0.452. The summed E-state index contributed by atoms with van der Waals surface area (Å²) in [5.41, 5.74) is 0. The van der Waals surface area contributed by atoms with Crippen molar-refractivity contribution in [3.8, 4) is 5.75 Å². The van der Waals surface area contributed by atoms with Crippen LogP contribution >= 0.6 is 29.7 Å². The van der Waals surface area contributed by atoms with Crippen LogP contribution in [-0.2, 0) is 14.1 Å². The predicted octanol–water partition coefficient (Wildman–Crippen LogP) is 5.55. The first-order valence-corrected chi connectivity index (χ1v) is 11.5. The minimum atomic E-state index is -3.51. The molecule has 0 saturated carbocycles. The van der Waals surface area contributed by atoms with E-state index in [9.17, 15) is 9.36 Å². The standard InChI is InChI=1S/C18H21ClNO4PS/c1-13(2)23-18(21)14(3)20-25(22,24-16-7-5-4-6-8-16)26-17-11-9-15(19)10-12-17/h4-14H,1-3H3,(H,20,22)/t14-,25+/m0/s1. The van der Waals surface area contributed by atoms with E-state index >= 15 is 0 Å². The highest BCUT2D eigenvalue weighted by Crippen LogP contribution is 2.59. The normalized spacial score (nSPS) is 14.5. The van der Waals surface area contributed by atoms with Crippen LogP contribution in [0, 0.1) is 0 Å². The van der Waals surface area contributed by atoms with Crippen molar-refractivity contribution in [3.63, 3.8) is 0 Å². The van der Waals surface area contributed by atoms with Crippen LogP contribution in [0.15, 0.2) is 59.5 Å². The Morgan fingerprint density at radius 3 is 2.27 bits per heavy atom. The van der Waals surface area contributed by atoms with Crippen LogP contribution in [0.2, 0.25) is 5.02 Å². The van der Waals surface area contributed by atoms with Gasteiger partial charge in [-0.3, -0.25) is 4.79 Å². The molecule has 5 nitrogen and oxygen atoms in total. The molecule has 8 heteroatoms. The molecule has 2 aromatic carbocycles. The third-order valence-electron chi connectivity index (χ3n) is 3.07. The molecular formula is C18H21ClNO4PS. The molecule has 2 rings (SSSR count). The number of benzene rings is 2. The van der Waals surface area contributed by atoms with Crippen LogP contribution in [0.25, 0.3) is 0 Å². The Balaban J connectivity index is 2.21. The van der Waals surface area contributed by atoms with Crippen LogP contribution in [0.5, 0.6) is 5.75 Å². The van der Waals surface area contributed by atoms with E-state index in [1.165, 1.54) is 0 Å². The molecule has 1 N–H and O–H groups in total. The summed E-state index contributed by atoms with van der Waals surface area (Å²) < 4.78 is 24.3. The second-order valence-corrected chi connectivity index (χ2v) is 10.3. The minimum Gasteiger partial charge on any atom is -0.462 e. The number of hydrogen-bond acceptors (Lipinski definition) is 5. The fourth-order valence-corrected chi connectivity index (χ4v) is 5.93. The van der Waals surface area contributed by atoms with Gasteiger partial charge in [-0.25, -0.2) is 9.65 Å². The smallest absolute Gasteiger partial charge is 0.379 e. The summed E-state index contributed by atoms with van der Waals surface area (Å²) in [7, 11) is 0. The van der Waals surface area contributed by atoms with Gasteiger partial charge in [0.2, 0.25) is 0 Å². The van der Waals surface area contributed by atoms with Crippen molar-refractivity contribution < 1.29 is 18.6 Å². The SMILES string of the molecule is CC(C)OC(=O)[C@H](C)N[P@@](=O)(Oc1ccccc1)Sc1ccc(Cl)cc1. The number of halogens is 1. The lowest BCUT2D eigenvalue weighted by Crippen LogP contribution is -2.35. The number of ether oxygens (including phenoxy) is 1. The Hall–Kier alpha value is -1.46. The van der Waals surface area contributed by atoms with E-state index in [1.807, 2.05) is 6.07 Å². The minimum absolute atomic E-state index is 0.259. The summed E-state index contributed by atoms with van der Waals surface area (Å²) in [6.07, 6.45) is -0.259. The molecule has 2 atom stereocenters. The molecule has 0 unspecified atom stereocenters. The Labute approximate surface area is 162 Å². The Morgan fingerprint density at radius 2 is 1.69 bits per heavy atom. The molecule has 0 heterocycles. The van der Waals surface area contributed by atoms with Crippen molar-refractivity contribution in [1.29, 1.82) is 0 Å². The first-order valence-electron chi connectivity index (χ1n) is 8.05. The van der Waals surface area contributed by atoms with E-state index in [4.69, 9.17) is 20.9 Å². The fourth-order valence-electron chi connectivity index (χ4n) is 1.95. The summed E-state index contributed by atoms with van der Waals surface area (Å²) in [4.78, 5) is 12.8. The highest BCUT2D eigenvalue weighted by Gasteiger charge is 2.32. The van der Waals surface area contributed by atoms with Gasteiger partial charge in [0.05, 0.1) is 6.10 Å². The van der Waals surface area contributed by atoms with Crippen molar-refractivity contribution >= 4 is 35.7 Å². The fraction of sp³-hybridized carbons (Fsp3) is 0.278. The maximum Gasteiger partial charge on any atom is 0.379 e. The lowest BCUT2D eigenvalue weighted by molar-refractivity contribution is -0.148. The van der Waals surface area contributed by atoms with Gasteiger partial charge in [-0.2, -0.15) is 0 Å². The molecule has 0 aromatic heterocycles. The average molecular weight is 414 g/mol.